The fourth-order valence-corrected chi connectivity index (χ4v) is 3.17. The smallest absolute Gasteiger partial charge is 0.254 e. The maximum Gasteiger partial charge on any atom is 0.254 e. The number of carbonyl (C=O) groups is 1. The molecule has 1 aromatic rings. The zero-order valence-corrected chi connectivity index (χ0v) is 15.5. The molecule has 1 amide bonds. The van der Waals surface area contributed by atoms with E-state index in [4.69, 9.17) is 9.47 Å². The second kappa shape index (κ2) is 10.0. The first-order valence-corrected chi connectivity index (χ1v) is 8.91. The van der Waals surface area contributed by atoms with Crippen molar-refractivity contribution in [2.45, 2.75) is 39.0 Å². The number of nitrogens with zero attached hydrogens (tertiary/aromatic N) is 2. The predicted molar refractivity (Wildman–Crippen MR) is 99.5 cm³/mol. The van der Waals surface area contributed by atoms with Crippen LogP contribution < -0.4 is 14.9 Å². The minimum absolute atomic E-state index is 0.0824. The van der Waals surface area contributed by atoms with E-state index in [0.29, 0.717) is 12.3 Å². The summed E-state index contributed by atoms with van der Waals surface area (Å²) in [4.78, 5) is 14.3. The lowest BCUT2D eigenvalue weighted by Crippen LogP contribution is -2.37. The third-order valence-corrected chi connectivity index (χ3v) is 4.52. The molecule has 1 saturated heterocycles. The van der Waals surface area contributed by atoms with Crippen LogP contribution in [0.1, 0.15) is 43.2 Å². The van der Waals surface area contributed by atoms with Crippen molar-refractivity contribution < 1.29 is 14.3 Å². The third-order valence-electron chi connectivity index (χ3n) is 4.52. The van der Waals surface area contributed by atoms with Crippen molar-refractivity contribution in [1.29, 1.82) is 0 Å². The van der Waals surface area contributed by atoms with Gasteiger partial charge in [0.05, 0.1) is 27.0 Å². The average Bonchev–Trinajstić information content (AvgIpc) is 2.57. The number of carbonyl (C=O) groups excluding carboxylic acids is 1. The van der Waals surface area contributed by atoms with E-state index in [-0.39, 0.29) is 5.91 Å². The minimum Gasteiger partial charge on any atom is -0.496 e. The molecule has 0 saturated carbocycles. The third kappa shape index (κ3) is 5.74. The van der Waals surface area contributed by atoms with Gasteiger partial charge in [0.15, 0.2) is 0 Å². The number of nitrogens with one attached hydrogen (secondary N) is 1. The molecule has 0 aliphatic carbocycles. The van der Waals surface area contributed by atoms with Crippen LogP contribution in [0.4, 0.5) is 0 Å². The number of hydrazone groups is 1. The van der Waals surface area contributed by atoms with Gasteiger partial charge in [-0.25, -0.2) is 5.43 Å². The van der Waals surface area contributed by atoms with Crippen molar-refractivity contribution in [2.75, 3.05) is 33.9 Å². The SMILES string of the molecule is COc1ccc(/C=N/NC(=O)CN2CCCCCCC2)c(OC)c1C. The molecule has 1 heterocycles. The molecule has 1 aromatic carbocycles. The summed E-state index contributed by atoms with van der Waals surface area (Å²) >= 11 is 0. The monoisotopic (exact) mass is 347 g/mol. The van der Waals surface area contributed by atoms with E-state index in [1.165, 1.54) is 32.1 Å². The minimum atomic E-state index is -0.0824. The molecule has 0 bridgehead atoms. The number of amides is 1. The quantitative estimate of drug-likeness (QED) is 0.635. The Labute approximate surface area is 150 Å². The first-order valence-electron chi connectivity index (χ1n) is 8.91. The molecule has 1 aliphatic rings. The summed E-state index contributed by atoms with van der Waals surface area (Å²) in [5.41, 5.74) is 4.32. The number of likely N-dealkylation sites (tertiary alicyclic amines) is 1. The fourth-order valence-electron chi connectivity index (χ4n) is 3.17. The van der Waals surface area contributed by atoms with Crippen LogP contribution in [0.5, 0.6) is 11.5 Å². The van der Waals surface area contributed by atoms with Gasteiger partial charge in [0.2, 0.25) is 0 Å². The molecule has 6 heteroatoms. The number of hydrogen-bond donors (Lipinski definition) is 1. The number of hydrogen-bond acceptors (Lipinski definition) is 5. The highest BCUT2D eigenvalue weighted by molar-refractivity contribution is 5.86. The average molecular weight is 347 g/mol. The van der Waals surface area contributed by atoms with Gasteiger partial charge in [0.1, 0.15) is 11.5 Å². The van der Waals surface area contributed by atoms with Crippen molar-refractivity contribution in [3.05, 3.63) is 23.3 Å². The Morgan fingerprint density at radius 2 is 1.84 bits per heavy atom. The zero-order chi connectivity index (χ0) is 18.1. The Bertz CT molecular complexity index is 594. The number of benzene rings is 1. The van der Waals surface area contributed by atoms with Crippen molar-refractivity contribution in [3.8, 4) is 11.5 Å². The van der Waals surface area contributed by atoms with E-state index in [2.05, 4.69) is 15.4 Å². The predicted octanol–water partition coefficient (Wildman–Crippen LogP) is 2.73. The Morgan fingerprint density at radius 3 is 2.48 bits per heavy atom. The maximum atomic E-state index is 12.1. The molecule has 1 N–H and O–H groups in total. The molecule has 0 spiro atoms. The van der Waals surface area contributed by atoms with Crippen LogP contribution in [-0.4, -0.2) is 50.9 Å². The molecule has 1 fully saturated rings. The van der Waals surface area contributed by atoms with E-state index in [1.807, 2.05) is 19.1 Å². The normalized spacial score (nSPS) is 16.3. The van der Waals surface area contributed by atoms with Gasteiger partial charge in [0, 0.05) is 11.1 Å². The molecular formula is C19H29N3O3. The van der Waals surface area contributed by atoms with E-state index in [0.717, 1.165) is 30.0 Å². The van der Waals surface area contributed by atoms with Crippen LogP contribution in [0, 0.1) is 6.92 Å². The van der Waals surface area contributed by atoms with Crippen LogP contribution in [-0.2, 0) is 4.79 Å². The van der Waals surface area contributed by atoms with Crippen LogP contribution >= 0.6 is 0 Å². The van der Waals surface area contributed by atoms with Gasteiger partial charge in [-0.1, -0.05) is 19.3 Å². The van der Waals surface area contributed by atoms with Gasteiger partial charge in [-0.05, 0) is 45.0 Å². The largest absolute Gasteiger partial charge is 0.496 e. The van der Waals surface area contributed by atoms with E-state index in [9.17, 15) is 4.79 Å². The summed E-state index contributed by atoms with van der Waals surface area (Å²) in [5, 5.41) is 4.08. The first kappa shape index (κ1) is 19.2. The van der Waals surface area contributed by atoms with Gasteiger partial charge in [-0.2, -0.15) is 5.10 Å². The van der Waals surface area contributed by atoms with Gasteiger partial charge in [0.25, 0.3) is 5.91 Å². The Balaban J connectivity index is 1.91. The van der Waals surface area contributed by atoms with Crippen molar-refractivity contribution in [1.82, 2.24) is 10.3 Å². The topological polar surface area (TPSA) is 63.2 Å². The van der Waals surface area contributed by atoms with E-state index in [1.54, 1.807) is 20.4 Å². The van der Waals surface area contributed by atoms with Crippen molar-refractivity contribution in [3.63, 3.8) is 0 Å². The van der Waals surface area contributed by atoms with Crippen molar-refractivity contribution >= 4 is 12.1 Å². The Kier molecular flexibility index (Phi) is 7.73. The van der Waals surface area contributed by atoms with Crippen LogP contribution in [0.15, 0.2) is 17.2 Å². The highest BCUT2D eigenvalue weighted by Gasteiger charge is 2.12. The lowest BCUT2D eigenvalue weighted by Gasteiger charge is -2.23. The van der Waals surface area contributed by atoms with Crippen LogP contribution in [0.25, 0.3) is 0 Å². The second-order valence-corrected chi connectivity index (χ2v) is 6.35. The molecular weight excluding hydrogens is 318 g/mol. The molecule has 0 unspecified atom stereocenters. The summed E-state index contributed by atoms with van der Waals surface area (Å²) < 4.78 is 10.7. The summed E-state index contributed by atoms with van der Waals surface area (Å²) in [6.45, 7) is 4.30. The summed E-state index contributed by atoms with van der Waals surface area (Å²) in [7, 11) is 3.24. The molecule has 1 aliphatic heterocycles. The van der Waals surface area contributed by atoms with Gasteiger partial charge >= 0.3 is 0 Å². The molecule has 138 valence electrons. The lowest BCUT2D eigenvalue weighted by atomic mass is 10.1. The lowest BCUT2D eigenvalue weighted by molar-refractivity contribution is -0.122. The Morgan fingerprint density at radius 1 is 1.16 bits per heavy atom. The van der Waals surface area contributed by atoms with Crippen LogP contribution in [0.2, 0.25) is 0 Å². The molecule has 2 rings (SSSR count). The second-order valence-electron chi connectivity index (χ2n) is 6.35. The number of rotatable bonds is 6. The first-order chi connectivity index (χ1) is 12.2. The number of ether oxygens (including phenoxy) is 2. The molecule has 6 nitrogen and oxygen atoms in total. The number of methoxy groups -OCH3 is 2. The summed E-state index contributed by atoms with van der Waals surface area (Å²) in [5.74, 6) is 1.37. The summed E-state index contributed by atoms with van der Waals surface area (Å²) in [6, 6.07) is 3.72. The van der Waals surface area contributed by atoms with E-state index < -0.39 is 0 Å². The zero-order valence-electron chi connectivity index (χ0n) is 15.5. The molecule has 0 aromatic heterocycles. The highest BCUT2D eigenvalue weighted by Crippen LogP contribution is 2.30. The Hall–Kier alpha value is -2.08. The van der Waals surface area contributed by atoms with Gasteiger partial charge in [-0.3, -0.25) is 9.69 Å². The highest BCUT2D eigenvalue weighted by atomic mass is 16.5. The summed E-state index contributed by atoms with van der Waals surface area (Å²) in [6.07, 6.45) is 7.77. The van der Waals surface area contributed by atoms with Gasteiger partial charge < -0.3 is 9.47 Å². The molecule has 0 radical (unpaired) electrons. The molecule has 0 atom stereocenters. The maximum absolute atomic E-state index is 12.1. The standard InChI is InChI=1S/C19H29N3O3/c1-15-17(24-2)10-9-16(19(15)25-3)13-20-21-18(23)14-22-11-7-5-4-6-8-12-22/h9-10,13H,4-8,11-12,14H2,1-3H3,(H,21,23)/b20-13+. The van der Waals surface area contributed by atoms with Crippen LogP contribution in [0.3, 0.4) is 0 Å². The van der Waals surface area contributed by atoms with E-state index >= 15 is 0 Å². The fraction of sp³-hybridized carbons (Fsp3) is 0.579. The molecule has 25 heavy (non-hydrogen) atoms. The van der Waals surface area contributed by atoms with Gasteiger partial charge in [-0.15, -0.1) is 0 Å². The van der Waals surface area contributed by atoms with Crippen molar-refractivity contribution in [2.24, 2.45) is 5.10 Å².